The molecule has 2 N–H and O–H groups in total. The first-order valence-corrected chi connectivity index (χ1v) is 5.69. The van der Waals surface area contributed by atoms with Gasteiger partial charge in [0.2, 0.25) is 0 Å². The van der Waals surface area contributed by atoms with Crippen LogP contribution in [0.3, 0.4) is 0 Å². The van der Waals surface area contributed by atoms with Crippen molar-refractivity contribution in [2.45, 2.75) is 13.0 Å². The predicted octanol–water partition coefficient (Wildman–Crippen LogP) is -0.124. The van der Waals surface area contributed by atoms with Crippen molar-refractivity contribution < 1.29 is 14.0 Å². The van der Waals surface area contributed by atoms with Gasteiger partial charge in [-0.05, 0) is 12.2 Å². The Morgan fingerprint density at radius 1 is 1.56 bits per heavy atom. The summed E-state index contributed by atoms with van der Waals surface area (Å²) in [4.78, 5) is 17.4. The smallest absolute Gasteiger partial charge is 0.390 e. The summed E-state index contributed by atoms with van der Waals surface area (Å²) in [6.07, 6.45) is 0.757. The molecular formula is C4H12O3SSi. The van der Waals surface area contributed by atoms with Gasteiger partial charge in [-0.1, -0.05) is 0 Å². The second-order valence-electron chi connectivity index (χ2n) is 1.86. The van der Waals surface area contributed by atoms with Crippen LogP contribution in [-0.4, -0.2) is 30.8 Å². The number of rotatable bonds is 4. The van der Waals surface area contributed by atoms with E-state index < -0.39 is 8.80 Å². The van der Waals surface area contributed by atoms with Crippen LogP contribution in [0.15, 0.2) is 0 Å². The zero-order valence-corrected chi connectivity index (χ0v) is 7.27. The maximum absolute atomic E-state index is 8.69. The van der Waals surface area contributed by atoms with Gasteiger partial charge in [-0.3, -0.25) is 0 Å². The third kappa shape index (κ3) is 8.45. The molecule has 0 aromatic rings. The van der Waals surface area contributed by atoms with Crippen molar-refractivity contribution in [3.05, 3.63) is 0 Å². The minimum Gasteiger partial charge on any atom is -0.390 e. The summed E-state index contributed by atoms with van der Waals surface area (Å²) in [6, 6.07) is 0. The van der Waals surface area contributed by atoms with Gasteiger partial charge in [0.1, 0.15) is 0 Å². The highest BCUT2D eigenvalue weighted by Gasteiger charge is 2.22. The fourth-order valence-electron chi connectivity index (χ4n) is 0.330. The summed E-state index contributed by atoms with van der Waals surface area (Å²) in [6.45, 7) is 1.70. The molecule has 0 spiro atoms. The molecule has 0 aliphatic carbocycles. The molecule has 56 valence electrons. The Hall–Kier alpha value is 0.447. The Morgan fingerprint density at radius 2 is 2.11 bits per heavy atom. The van der Waals surface area contributed by atoms with E-state index in [4.69, 9.17) is 9.59 Å². The minimum atomic E-state index is -3.23. The highest BCUT2D eigenvalue weighted by molar-refractivity contribution is 7.80. The fraction of sp³-hybridized carbons (Fsp3) is 1.00. The van der Waals surface area contributed by atoms with Gasteiger partial charge in [-0.2, -0.15) is 12.6 Å². The Balaban J connectivity index is 3.07. The monoisotopic (exact) mass is 168 g/mol. The topological polar surface area (TPSA) is 49.7 Å². The summed E-state index contributed by atoms with van der Waals surface area (Å²) < 4.78 is 4.67. The van der Waals surface area contributed by atoms with Gasteiger partial charge in [0.15, 0.2) is 0 Å². The van der Waals surface area contributed by atoms with E-state index in [9.17, 15) is 0 Å². The summed E-state index contributed by atoms with van der Waals surface area (Å²) in [5, 5.41) is 0. The molecule has 0 amide bonds. The van der Waals surface area contributed by atoms with E-state index in [0.717, 1.165) is 6.42 Å². The number of hydrogen-bond donors (Lipinski definition) is 3. The highest BCUT2D eigenvalue weighted by atomic mass is 32.1. The molecular weight excluding hydrogens is 156 g/mol. The van der Waals surface area contributed by atoms with E-state index in [1.165, 1.54) is 6.55 Å². The van der Waals surface area contributed by atoms with Crippen LogP contribution in [0.5, 0.6) is 0 Å². The van der Waals surface area contributed by atoms with E-state index in [0.29, 0.717) is 12.4 Å². The lowest BCUT2D eigenvalue weighted by Gasteiger charge is -2.10. The van der Waals surface area contributed by atoms with E-state index in [-0.39, 0.29) is 0 Å². The van der Waals surface area contributed by atoms with Gasteiger partial charge in [0.05, 0.1) is 0 Å². The molecule has 0 saturated carbocycles. The van der Waals surface area contributed by atoms with E-state index in [2.05, 4.69) is 17.1 Å². The average Bonchev–Trinajstić information content (AvgIpc) is 1.63. The molecule has 0 aromatic heterocycles. The van der Waals surface area contributed by atoms with Crippen molar-refractivity contribution in [1.29, 1.82) is 0 Å². The summed E-state index contributed by atoms with van der Waals surface area (Å²) in [5.74, 6) is 0.713. The zero-order chi connectivity index (χ0) is 7.33. The molecule has 0 rings (SSSR count). The molecule has 0 fully saturated rings. The van der Waals surface area contributed by atoms with Crippen molar-refractivity contribution >= 4 is 21.4 Å². The number of hydrogen-bond acceptors (Lipinski definition) is 4. The third-order valence-electron chi connectivity index (χ3n) is 0.678. The van der Waals surface area contributed by atoms with E-state index in [1.807, 2.05) is 0 Å². The molecule has 3 nitrogen and oxygen atoms in total. The highest BCUT2D eigenvalue weighted by Crippen LogP contribution is 1.95. The van der Waals surface area contributed by atoms with Crippen molar-refractivity contribution in [2.75, 3.05) is 12.4 Å². The Morgan fingerprint density at radius 3 is 2.44 bits per heavy atom. The molecule has 0 saturated heterocycles. The largest absolute Gasteiger partial charge is 0.492 e. The predicted molar refractivity (Wildman–Crippen MR) is 40.5 cm³/mol. The minimum absolute atomic E-state index is 0.388. The second-order valence-corrected chi connectivity index (χ2v) is 4.46. The van der Waals surface area contributed by atoms with Gasteiger partial charge in [0, 0.05) is 13.2 Å². The van der Waals surface area contributed by atoms with Crippen LogP contribution in [0.25, 0.3) is 0 Å². The molecule has 0 aliphatic heterocycles. The van der Waals surface area contributed by atoms with Gasteiger partial charge < -0.3 is 14.0 Å². The molecule has 0 radical (unpaired) electrons. The Kier molecular flexibility index (Phi) is 4.51. The van der Waals surface area contributed by atoms with Crippen LogP contribution in [0.2, 0.25) is 6.55 Å². The van der Waals surface area contributed by atoms with Crippen molar-refractivity contribution in [3.8, 4) is 0 Å². The van der Waals surface area contributed by atoms with Crippen LogP contribution in [0.4, 0.5) is 0 Å². The maximum Gasteiger partial charge on any atom is 0.492 e. The molecule has 0 unspecified atom stereocenters. The maximum atomic E-state index is 8.69. The van der Waals surface area contributed by atoms with Crippen molar-refractivity contribution in [1.82, 2.24) is 0 Å². The van der Waals surface area contributed by atoms with Gasteiger partial charge >= 0.3 is 8.80 Å². The first kappa shape index (κ1) is 9.45. The second kappa shape index (κ2) is 4.29. The van der Waals surface area contributed by atoms with E-state index >= 15 is 0 Å². The lowest BCUT2D eigenvalue weighted by atomic mass is 10.5. The zero-order valence-electron chi connectivity index (χ0n) is 5.37. The van der Waals surface area contributed by atoms with Crippen molar-refractivity contribution in [2.24, 2.45) is 0 Å². The van der Waals surface area contributed by atoms with Crippen LogP contribution in [0.1, 0.15) is 6.42 Å². The van der Waals surface area contributed by atoms with E-state index in [1.54, 1.807) is 0 Å². The lowest BCUT2D eigenvalue weighted by Crippen LogP contribution is -2.34. The molecule has 0 bridgehead atoms. The summed E-state index contributed by atoms with van der Waals surface area (Å²) >= 11 is 3.92. The molecule has 9 heavy (non-hydrogen) atoms. The number of thiol groups is 1. The first-order valence-electron chi connectivity index (χ1n) is 2.76. The Bertz CT molecular complexity index is 72.7. The van der Waals surface area contributed by atoms with Gasteiger partial charge in [-0.25, -0.2) is 0 Å². The molecule has 0 heterocycles. The lowest BCUT2D eigenvalue weighted by molar-refractivity contribution is 0.156. The van der Waals surface area contributed by atoms with Crippen LogP contribution in [-0.2, 0) is 4.43 Å². The van der Waals surface area contributed by atoms with Gasteiger partial charge in [0.25, 0.3) is 0 Å². The first-order chi connectivity index (χ1) is 4.06. The molecule has 5 heteroatoms. The molecule has 0 aliphatic rings. The van der Waals surface area contributed by atoms with Crippen LogP contribution < -0.4 is 0 Å². The standard InChI is InChI=1S/C4H12O3SSi/c1-9(5,6)7-3-2-4-8/h5-6,8H,2-4H2,1H3. The average molecular weight is 168 g/mol. The van der Waals surface area contributed by atoms with Crippen LogP contribution in [0, 0.1) is 0 Å². The SMILES string of the molecule is C[Si](O)(O)OCCCS. The molecule has 0 aromatic carbocycles. The summed E-state index contributed by atoms with van der Waals surface area (Å²) in [5.41, 5.74) is 0. The van der Waals surface area contributed by atoms with Crippen molar-refractivity contribution in [3.63, 3.8) is 0 Å². The van der Waals surface area contributed by atoms with Gasteiger partial charge in [-0.15, -0.1) is 0 Å². The fourth-order valence-corrected chi connectivity index (χ4v) is 0.990. The molecule has 0 atom stereocenters. The third-order valence-corrected chi connectivity index (χ3v) is 1.75. The van der Waals surface area contributed by atoms with Crippen LogP contribution >= 0.6 is 12.6 Å². The normalized spacial score (nSPS) is 12.0. The quantitative estimate of drug-likeness (QED) is 0.311. The summed E-state index contributed by atoms with van der Waals surface area (Å²) in [7, 11) is -3.23. The Labute approximate surface area is 61.4 Å².